The van der Waals surface area contributed by atoms with Gasteiger partial charge in [0.2, 0.25) is 0 Å². The van der Waals surface area contributed by atoms with E-state index in [1.165, 1.54) is 7.11 Å². The second-order valence-corrected chi connectivity index (χ2v) is 6.01. The number of benzene rings is 2. The molecule has 0 spiro atoms. The van der Waals surface area contributed by atoms with Crippen molar-refractivity contribution in [2.24, 2.45) is 0 Å². The summed E-state index contributed by atoms with van der Waals surface area (Å²) in [6, 6.07) is 10.6. The van der Waals surface area contributed by atoms with Crippen molar-refractivity contribution in [2.45, 2.75) is 13.0 Å². The molecule has 1 atom stereocenters. The number of carbonyl (C=O) groups excluding carboxylic acids is 1. The van der Waals surface area contributed by atoms with E-state index in [1.807, 2.05) is 25.1 Å². The lowest BCUT2D eigenvalue weighted by Crippen LogP contribution is -2.26. The molecule has 0 saturated carbocycles. The Morgan fingerprint density at radius 2 is 1.58 bits per heavy atom. The second kappa shape index (κ2) is 8.06. The zero-order valence-corrected chi connectivity index (χ0v) is 15.6. The van der Waals surface area contributed by atoms with Crippen molar-refractivity contribution in [1.82, 2.24) is 5.32 Å². The van der Waals surface area contributed by atoms with Gasteiger partial charge in [-0.3, -0.25) is 4.79 Å². The van der Waals surface area contributed by atoms with Crippen LogP contribution in [0.15, 0.2) is 40.9 Å². The highest BCUT2D eigenvalue weighted by Crippen LogP contribution is 2.29. The first-order valence-corrected chi connectivity index (χ1v) is 8.15. The summed E-state index contributed by atoms with van der Waals surface area (Å²) in [5, 5.41) is 2.97. The highest BCUT2D eigenvalue weighted by atomic mass is 79.9. The Balaban J connectivity index is 2.15. The molecule has 0 aromatic heterocycles. The topological polar surface area (TPSA) is 56.8 Å². The summed E-state index contributed by atoms with van der Waals surface area (Å²) in [7, 11) is 4.71. The van der Waals surface area contributed by atoms with E-state index in [1.54, 1.807) is 32.4 Å². The number of halogens is 1. The fourth-order valence-electron chi connectivity index (χ4n) is 2.29. The molecule has 5 nitrogen and oxygen atoms in total. The Kier molecular flexibility index (Phi) is 6.09. The molecule has 2 aromatic carbocycles. The van der Waals surface area contributed by atoms with Crippen molar-refractivity contribution >= 4 is 21.8 Å². The van der Waals surface area contributed by atoms with Crippen LogP contribution in [0.5, 0.6) is 17.2 Å². The molecule has 24 heavy (non-hydrogen) atoms. The highest BCUT2D eigenvalue weighted by Gasteiger charge is 2.15. The maximum atomic E-state index is 12.5. The minimum absolute atomic E-state index is 0.159. The molecule has 128 valence electrons. The first-order valence-electron chi connectivity index (χ1n) is 7.36. The quantitative estimate of drug-likeness (QED) is 0.806. The number of ether oxygens (including phenoxy) is 3. The van der Waals surface area contributed by atoms with Crippen LogP contribution in [0.25, 0.3) is 0 Å². The van der Waals surface area contributed by atoms with Gasteiger partial charge in [0.05, 0.1) is 31.8 Å². The number of nitrogens with one attached hydrogen (secondary N) is 1. The predicted molar refractivity (Wildman–Crippen MR) is 96.1 cm³/mol. The molecule has 0 fully saturated rings. The molecule has 0 aliphatic rings. The highest BCUT2D eigenvalue weighted by molar-refractivity contribution is 9.10. The van der Waals surface area contributed by atoms with E-state index in [2.05, 4.69) is 21.2 Å². The fourth-order valence-corrected chi connectivity index (χ4v) is 2.85. The molecule has 0 unspecified atom stereocenters. The van der Waals surface area contributed by atoms with Gasteiger partial charge < -0.3 is 19.5 Å². The number of hydrogen-bond acceptors (Lipinski definition) is 4. The summed E-state index contributed by atoms with van der Waals surface area (Å²) < 4.78 is 16.5. The predicted octanol–water partition coefficient (Wildman–Crippen LogP) is 3.97. The zero-order chi connectivity index (χ0) is 17.7. The van der Waals surface area contributed by atoms with Crippen molar-refractivity contribution in [3.05, 3.63) is 52.0 Å². The summed E-state index contributed by atoms with van der Waals surface area (Å²) >= 11 is 3.45. The first kappa shape index (κ1) is 18.1. The van der Waals surface area contributed by atoms with E-state index in [0.717, 1.165) is 15.8 Å². The second-order valence-electron chi connectivity index (χ2n) is 5.16. The average Bonchev–Trinajstić information content (AvgIpc) is 2.60. The van der Waals surface area contributed by atoms with Gasteiger partial charge in [-0.2, -0.15) is 0 Å². The van der Waals surface area contributed by atoms with Gasteiger partial charge in [0.15, 0.2) is 11.5 Å². The van der Waals surface area contributed by atoms with Crippen LogP contribution >= 0.6 is 15.9 Å². The van der Waals surface area contributed by atoms with Crippen molar-refractivity contribution in [2.75, 3.05) is 21.3 Å². The maximum absolute atomic E-state index is 12.5. The van der Waals surface area contributed by atoms with E-state index >= 15 is 0 Å². The Bertz CT molecular complexity index is 733. The standard InChI is InChI=1S/C18H20BrNO4/c1-11(12-5-7-15(22-2)14(19)9-12)20-18(21)13-6-8-16(23-3)17(10-13)24-4/h5-11H,1-4H3,(H,20,21)/t11-/m0/s1. The first-order chi connectivity index (χ1) is 11.5. The van der Waals surface area contributed by atoms with Crippen LogP contribution in [-0.4, -0.2) is 27.2 Å². The number of amides is 1. The van der Waals surface area contributed by atoms with Gasteiger partial charge in [0, 0.05) is 5.56 Å². The molecule has 0 aliphatic carbocycles. The molecular formula is C18H20BrNO4. The van der Waals surface area contributed by atoms with E-state index in [-0.39, 0.29) is 11.9 Å². The van der Waals surface area contributed by atoms with Crippen LogP contribution in [0.2, 0.25) is 0 Å². The van der Waals surface area contributed by atoms with Crippen LogP contribution in [0.1, 0.15) is 28.9 Å². The third-order valence-electron chi connectivity index (χ3n) is 3.67. The van der Waals surface area contributed by atoms with Crippen molar-refractivity contribution in [3.8, 4) is 17.2 Å². The number of carbonyl (C=O) groups is 1. The van der Waals surface area contributed by atoms with Gasteiger partial charge in [-0.1, -0.05) is 6.07 Å². The molecule has 0 bridgehead atoms. The Labute approximate surface area is 150 Å². The number of rotatable bonds is 6. The van der Waals surface area contributed by atoms with E-state index < -0.39 is 0 Å². The van der Waals surface area contributed by atoms with Crippen molar-refractivity contribution in [1.29, 1.82) is 0 Å². The normalized spacial score (nSPS) is 11.5. The summed E-state index contributed by atoms with van der Waals surface area (Å²) in [6.07, 6.45) is 0. The summed E-state index contributed by atoms with van der Waals surface area (Å²) in [6.45, 7) is 1.92. The Hall–Kier alpha value is -2.21. The molecule has 0 heterocycles. The molecule has 1 amide bonds. The molecule has 0 saturated heterocycles. The Morgan fingerprint density at radius 1 is 0.958 bits per heavy atom. The van der Waals surface area contributed by atoms with Crippen LogP contribution in [0, 0.1) is 0 Å². The summed E-state index contributed by atoms with van der Waals surface area (Å²) in [5.41, 5.74) is 1.48. The lowest BCUT2D eigenvalue weighted by Gasteiger charge is -2.16. The van der Waals surface area contributed by atoms with Gasteiger partial charge in [0.1, 0.15) is 5.75 Å². The largest absolute Gasteiger partial charge is 0.496 e. The maximum Gasteiger partial charge on any atom is 0.251 e. The fraction of sp³-hybridized carbons (Fsp3) is 0.278. The molecule has 1 N–H and O–H groups in total. The van der Waals surface area contributed by atoms with Gasteiger partial charge in [0.25, 0.3) is 5.91 Å². The lowest BCUT2D eigenvalue weighted by atomic mass is 10.1. The Morgan fingerprint density at radius 3 is 2.17 bits per heavy atom. The van der Waals surface area contributed by atoms with Gasteiger partial charge >= 0.3 is 0 Å². The zero-order valence-electron chi connectivity index (χ0n) is 14.1. The van der Waals surface area contributed by atoms with Crippen LogP contribution in [0.3, 0.4) is 0 Å². The molecule has 0 radical (unpaired) electrons. The van der Waals surface area contributed by atoms with Gasteiger partial charge in [-0.05, 0) is 58.7 Å². The minimum atomic E-state index is -0.185. The third-order valence-corrected chi connectivity index (χ3v) is 4.29. The average molecular weight is 394 g/mol. The summed E-state index contributed by atoms with van der Waals surface area (Å²) in [4.78, 5) is 12.5. The minimum Gasteiger partial charge on any atom is -0.496 e. The lowest BCUT2D eigenvalue weighted by molar-refractivity contribution is 0.0939. The van der Waals surface area contributed by atoms with Gasteiger partial charge in [-0.15, -0.1) is 0 Å². The molecular weight excluding hydrogens is 374 g/mol. The van der Waals surface area contributed by atoms with Crippen LogP contribution in [0.4, 0.5) is 0 Å². The van der Waals surface area contributed by atoms with Crippen molar-refractivity contribution in [3.63, 3.8) is 0 Å². The molecule has 2 rings (SSSR count). The molecule has 2 aromatic rings. The van der Waals surface area contributed by atoms with E-state index in [4.69, 9.17) is 14.2 Å². The molecule has 0 aliphatic heterocycles. The van der Waals surface area contributed by atoms with Gasteiger partial charge in [-0.25, -0.2) is 0 Å². The number of hydrogen-bond donors (Lipinski definition) is 1. The SMILES string of the molecule is COc1ccc([C@H](C)NC(=O)c2ccc(OC)c(OC)c2)cc1Br. The molecule has 6 heteroatoms. The van der Waals surface area contributed by atoms with E-state index in [0.29, 0.717) is 17.1 Å². The van der Waals surface area contributed by atoms with Crippen LogP contribution < -0.4 is 19.5 Å². The smallest absolute Gasteiger partial charge is 0.251 e. The summed E-state index contributed by atoms with van der Waals surface area (Å²) in [5.74, 6) is 1.67. The monoisotopic (exact) mass is 393 g/mol. The number of methoxy groups -OCH3 is 3. The third kappa shape index (κ3) is 4.00. The van der Waals surface area contributed by atoms with Crippen molar-refractivity contribution < 1.29 is 19.0 Å². The van der Waals surface area contributed by atoms with E-state index in [9.17, 15) is 4.79 Å². The van der Waals surface area contributed by atoms with Crippen LogP contribution in [-0.2, 0) is 0 Å².